The van der Waals surface area contributed by atoms with Crippen molar-refractivity contribution in [3.63, 3.8) is 0 Å². The molecule has 4 heteroatoms. The van der Waals surface area contributed by atoms with E-state index in [1.807, 2.05) is 12.1 Å². The van der Waals surface area contributed by atoms with E-state index >= 15 is 0 Å². The number of hydrogen-bond donors (Lipinski definition) is 0. The number of ether oxygens (including phenoxy) is 1. The molecule has 2 rings (SSSR count). The number of carbonyl (C=O) groups excluding carboxylic acids is 1. The smallest absolute Gasteiger partial charge is 0.236 e. The summed E-state index contributed by atoms with van der Waals surface area (Å²) < 4.78 is 6.22. The Morgan fingerprint density at radius 2 is 1.75 bits per heavy atom. The Hall–Kier alpha value is -2.23. The number of rotatable bonds is 10. The molecule has 0 radical (unpaired) electrons. The minimum Gasteiger partial charge on any atom is -0.473 e. The second-order valence-corrected chi connectivity index (χ2v) is 7.53. The quantitative estimate of drug-likeness (QED) is 0.462. The predicted octanol–water partition coefficient (Wildman–Crippen LogP) is 6.16. The van der Waals surface area contributed by atoms with E-state index in [0.717, 1.165) is 66.6 Å². The van der Waals surface area contributed by atoms with Crippen molar-refractivity contribution in [2.45, 2.75) is 85.7 Å². The van der Waals surface area contributed by atoms with Crippen LogP contribution in [0.1, 0.15) is 94.0 Å². The fourth-order valence-corrected chi connectivity index (χ4v) is 3.35. The maximum Gasteiger partial charge on any atom is 0.236 e. The third kappa shape index (κ3) is 4.98. The standard InChI is InChI=1S/C24H34N2O2/c1-7-11-19(8-2)28-24-22(10-4)25-23(21(9-3)26-24)20-13-12-17(16(5)6)14-18(20)15-27/h12-16,19H,7-11H2,1-6H3. The predicted molar refractivity (Wildman–Crippen MR) is 115 cm³/mol. The molecule has 1 unspecified atom stereocenters. The lowest BCUT2D eigenvalue weighted by Crippen LogP contribution is -2.18. The molecule has 1 aromatic heterocycles. The van der Waals surface area contributed by atoms with Crippen LogP contribution in [0.2, 0.25) is 0 Å². The van der Waals surface area contributed by atoms with E-state index in [1.165, 1.54) is 0 Å². The number of nitrogens with zero attached hydrogens (tertiary/aromatic N) is 2. The maximum absolute atomic E-state index is 11.8. The highest BCUT2D eigenvalue weighted by Gasteiger charge is 2.19. The number of carbonyl (C=O) groups is 1. The monoisotopic (exact) mass is 382 g/mol. The fourth-order valence-electron chi connectivity index (χ4n) is 3.35. The van der Waals surface area contributed by atoms with E-state index in [-0.39, 0.29) is 6.10 Å². The Bertz CT molecular complexity index is 799. The summed E-state index contributed by atoms with van der Waals surface area (Å²) in [6.07, 6.45) is 5.60. The van der Waals surface area contributed by atoms with Crippen LogP contribution in [0.25, 0.3) is 11.3 Å². The molecule has 1 atom stereocenters. The first-order chi connectivity index (χ1) is 13.5. The summed E-state index contributed by atoms with van der Waals surface area (Å²) >= 11 is 0. The van der Waals surface area contributed by atoms with E-state index < -0.39 is 0 Å². The van der Waals surface area contributed by atoms with Crippen LogP contribution in [0.15, 0.2) is 18.2 Å². The summed E-state index contributed by atoms with van der Waals surface area (Å²) in [7, 11) is 0. The molecule has 0 aliphatic rings. The van der Waals surface area contributed by atoms with Crippen molar-refractivity contribution < 1.29 is 9.53 Å². The van der Waals surface area contributed by atoms with Crippen LogP contribution >= 0.6 is 0 Å². The van der Waals surface area contributed by atoms with Gasteiger partial charge in [0.05, 0.1) is 11.4 Å². The largest absolute Gasteiger partial charge is 0.473 e. The van der Waals surface area contributed by atoms with Crippen LogP contribution in [0.3, 0.4) is 0 Å². The topological polar surface area (TPSA) is 52.1 Å². The second-order valence-electron chi connectivity index (χ2n) is 7.53. The number of hydrogen-bond acceptors (Lipinski definition) is 4. The highest BCUT2D eigenvalue weighted by Crippen LogP contribution is 2.30. The van der Waals surface area contributed by atoms with Crippen LogP contribution < -0.4 is 4.74 Å². The SMILES string of the molecule is CCCC(CC)Oc1nc(CC)c(-c2ccc(C(C)C)cc2C=O)nc1CC. The highest BCUT2D eigenvalue weighted by atomic mass is 16.5. The number of benzene rings is 1. The molecule has 0 amide bonds. The van der Waals surface area contributed by atoms with Crippen LogP contribution in [0, 0.1) is 0 Å². The van der Waals surface area contributed by atoms with Crippen molar-refractivity contribution in [2.75, 3.05) is 0 Å². The third-order valence-electron chi connectivity index (χ3n) is 5.14. The summed E-state index contributed by atoms with van der Waals surface area (Å²) in [5, 5.41) is 0. The lowest BCUT2D eigenvalue weighted by Gasteiger charge is -2.20. The molecule has 1 heterocycles. The second kappa shape index (κ2) is 10.4. The van der Waals surface area contributed by atoms with Crippen molar-refractivity contribution >= 4 is 6.29 Å². The van der Waals surface area contributed by atoms with Crippen LogP contribution in [-0.4, -0.2) is 22.4 Å². The van der Waals surface area contributed by atoms with Gasteiger partial charge in [0.1, 0.15) is 11.8 Å². The Labute approximate surface area is 169 Å². The zero-order valence-electron chi connectivity index (χ0n) is 18.2. The van der Waals surface area contributed by atoms with Gasteiger partial charge in [-0.3, -0.25) is 4.79 Å². The van der Waals surface area contributed by atoms with Crippen LogP contribution in [0.4, 0.5) is 0 Å². The zero-order valence-corrected chi connectivity index (χ0v) is 18.2. The van der Waals surface area contributed by atoms with Crippen LogP contribution in [-0.2, 0) is 12.8 Å². The van der Waals surface area contributed by atoms with Gasteiger partial charge in [0, 0.05) is 11.1 Å². The highest BCUT2D eigenvalue weighted by molar-refractivity contribution is 5.87. The first-order valence-electron chi connectivity index (χ1n) is 10.6. The number of aldehydes is 1. The average Bonchev–Trinajstić information content (AvgIpc) is 2.72. The van der Waals surface area contributed by atoms with Gasteiger partial charge in [-0.05, 0) is 43.2 Å². The van der Waals surface area contributed by atoms with Crippen molar-refractivity contribution in [3.05, 3.63) is 40.7 Å². The summed E-state index contributed by atoms with van der Waals surface area (Å²) in [6, 6.07) is 6.06. The van der Waals surface area contributed by atoms with Crippen molar-refractivity contribution in [1.82, 2.24) is 9.97 Å². The van der Waals surface area contributed by atoms with Gasteiger partial charge in [0.25, 0.3) is 0 Å². The number of aromatic nitrogens is 2. The van der Waals surface area contributed by atoms with E-state index in [4.69, 9.17) is 14.7 Å². The fraction of sp³-hybridized carbons (Fsp3) is 0.542. The lowest BCUT2D eigenvalue weighted by atomic mass is 9.95. The van der Waals surface area contributed by atoms with Gasteiger partial charge in [0.15, 0.2) is 6.29 Å². The summed E-state index contributed by atoms with van der Waals surface area (Å²) in [5.74, 6) is 1.02. The summed E-state index contributed by atoms with van der Waals surface area (Å²) in [4.78, 5) is 21.5. The molecule has 0 saturated carbocycles. The Kier molecular flexibility index (Phi) is 8.16. The maximum atomic E-state index is 11.8. The van der Waals surface area contributed by atoms with Gasteiger partial charge < -0.3 is 4.74 Å². The zero-order chi connectivity index (χ0) is 20.7. The molecule has 4 nitrogen and oxygen atoms in total. The summed E-state index contributed by atoms with van der Waals surface area (Å²) in [5.41, 5.74) is 5.20. The Morgan fingerprint density at radius 1 is 1.04 bits per heavy atom. The molecule has 0 spiro atoms. The molecule has 152 valence electrons. The van der Waals surface area contributed by atoms with Crippen molar-refractivity contribution in [1.29, 1.82) is 0 Å². The third-order valence-corrected chi connectivity index (χ3v) is 5.14. The Morgan fingerprint density at radius 3 is 2.29 bits per heavy atom. The van der Waals surface area contributed by atoms with E-state index in [0.29, 0.717) is 17.4 Å². The van der Waals surface area contributed by atoms with Gasteiger partial charge in [-0.1, -0.05) is 60.1 Å². The van der Waals surface area contributed by atoms with E-state index in [9.17, 15) is 4.79 Å². The van der Waals surface area contributed by atoms with E-state index in [1.54, 1.807) is 0 Å². The van der Waals surface area contributed by atoms with Crippen molar-refractivity contribution in [2.24, 2.45) is 0 Å². The summed E-state index contributed by atoms with van der Waals surface area (Å²) in [6.45, 7) is 12.7. The molecule has 1 aromatic carbocycles. The number of aryl methyl sites for hydroxylation is 2. The Balaban J connectivity index is 2.55. The van der Waals surface area contributed by atoms with Gasteiger partial charge in [0.2, 0.25) is 5.88 Å². The average molecular weight is 383 g/mol. The molecule has 0 fully saturated rings. The van der Waals surface area contributed by atoms with Crippen LogP contribution in [0.5, 0.6) is 5.88 Å². The molecule has 28 heavy (non-hydrogen) atoms. The first kappa shape index (κ1) is 22.1. The van der Waals surface area contributed by atoms with E-state index in [2.05, 4.69) is 47.6 Å². The molecular formula is C24H34N2O2. The minimum absolute atomic E-state index is 0.163. The first-order valence-corrected chi connectivity index (χ1v) is 10.6. The normalized spacial score (nSPS) is 12.2. The van der Waals surface area contributed by atoms with Gasteiger partial charge >= 0.3 is 0 Å². The molecule has 2 aromatic rings. The molecule has 0 N–H and O–H groups in total. The molecule has 0 bridgehead atoms. The molecule has 0 aliphatic carbocycles. The lowest BCUT2D eigenvalue weighted by molar-refractivity contribution is 0.112. The van der Waals surface area contributed by atoms with Gasteiger partial charge in [-0.25, -0.2) is 9.97 Å². The molecule has 0 saturated heterocycles. The van der Waals surface area contributed by atoms with Crippen molar-refractivity contribution in [3.8, 4) is 17.1 Å². The van der Waals surface area contributed by atoms with Gasteiger partial charge in [-0.15, -0.1) is 0 Å². The van der Waals surface area contributed by atoms with Gasteiger partial charge in [-0.2, -0.15) is 0 Å². The molecule has 0 aliphatic heterocycles. The molecular weight excluding hydrogens is 348 g/mol. The minimum atomic E-state index is 0.163.